The predicted molar refractivity (Wildman–Crippen MR) is 159 cm³/mol. The number of nitrogens with zero attached hydrogens (tertiary/aromatic N) is 5. The summed E-state index contributed by atoms with van der Waals surface area (Å²) in [6, 6.07) is -3.22. The van der Waals surface area contributed by atoms with Gasteiger partial charge in [0.25, 0.3) is 5.56 Å². The Labute approximate surface area is 254 Å². The Hall–Kier alpha value is -3.89. The summed E-state index contributed by atoms with van der Waals surface area (Å²) in [7, 11) is 0. The molecule has 44 heavy (non-hydrogen) atoms. The molecule has 0 aromatic carbocycles. The van der Waals surface area contributed by atoms with Gasteiger partial charge in [-0.25, -0.2) is 4.98 Å². The third-order valence-electron chi connectivity index (χ3n) is 8.09. The summed E-state index contributed by atoms with van der Waals surface area (Å²) < 4.78 is 6.76. The molecule has 4 atom stereocenters. The second-order valence-electron chi connectivity index (χ2n) is 11.9. The van der Waals surface area contributed by atoms with Crippen molar-refractivity contribution in [3.8, 4) is 0 Å². The molecule has 2 aliphatic heterocycles. The third kappa shape index (κ3) is 7.08. The second-order valence-corrected chi connectivity index (χ2v) is 11.9. The number of carbonyl (C=O) groups excluding carboxylic acids is 4. The summed E-state index contributed by atoms with van der Waals surface area (Å²) in [6.07, 6.45) is 3.44. The molecule has 0 bridgehead atoms. The maximum Gasteiger partial charge on any atom is 0.280 e. The van der Waals surface area contributed by atoms with Crippen LogP contribution in [0.25, 0.3) is 11.2 Å². The Morgan fingerprint density at radius 2 is 1.68 bits per heavy atom. The van der Waals surface area contributed by atoms with E-state index in [0.29, 0.717) is 38.8 Å². The van der Waals surface area contributed by atoms with Crippen molar-refractivity contribution in [1.82, 2.24) is 34.6 Å². The molecule has 4 amide bonds. The summed E-state index contributed by atoms with van der Waals surface area (Å²) in [6.45, 7) is 7.93. The number of carbonyl (C=O) groups is 4. The zero-order chi connectivity index (χ0) is 32.1. The summed E-state index contributed by atoms with van der Waals surface area (Å²) >= 11 is 0. The Morgan fingerprint density at radius 3 is 2.30 bits per heavy atom. The van der Waals surface area contributed by atoms with Gasteiger partial charge in [-0.2, -0.15) is 4.98 Å². The van der Waals surface area contributed by atoms with E-state index >= 15 is 0 Å². The van der Waals surface area contributed by atoms with Crippen LogP contribution < -0.4 is 21.9 Å². The Kier molecular flexibility index (Phi) is 10.7. The molecule has 6 N–H and O–H groups in total. The number of H-pyrrole nitrogens is 1. The molecule has 2 saturated heterocycles. The van der Waals surface area contributed by atoms with Crippen LogP contribution in [0.15, 0.2) is 11.1 Å². The zero-order valence-electron chi connectivity index (χ0n) is 25.6. The number of aromatic nitrogens is 4. The van der Waals surface area contributed by atoms with E-state index in [1.807, 2.05) is 13.8 Å². The average Bonchev–Trinajstić information content (AvgIpc) is 3.75. The highest BCUT2D eigenvalue weighted by Gasteiger charge is 2.42. The van der Waals surface area contributed by atoms with Crippen LogP contribution in [0, 0.1) is 11.8 Å². The lowest BCUT2D eigenvalue weighted by atomic mass is 10.0. The first-order chi connectivity index (χ1) is 20.9. The van der Waals surface area contributed by atoms with Crippen molar-refractivity contribution in [2.24, 2.45) is 17.6 Å². The summed E-state index contributed by atoms with van der Waals surface area (Å²) in [5.74, 6) is -2.15. The van der Waals surface area contributed by atoms with Crippen LogP contribution in [0.3, 0.4) is 0 Å². The van der Waals surface area contributed by atoms with Gasteiger partial charge in [0.15, 0.2) is 11.2 Å². The number of amides is 4. The predicted octanol–water partition coefficient (Wildman–Crippen LogP) is -0.869. The number of ether oxygens (including phenoxy) is 1. The number of hydrogen-bond acceptors (Lipinski definition) is 10. The number of fused-ring (bicyclic) bond motifs is 1. The number of nitrogens with one attached hydrogen (secondary N) is 3. The maximum atomic E-state index is 13.8. The lowest BCUT2D eigenvalue weighted by Crippen LogP contribution is -2.58. The number of imidazole rings is 1. The highest BCUT2D eigenvalue weighted by Crippen LogP contribution is 2.24. The molecule has 0 saturated carbocycles. The van der Waals surface area contributed by atoms with Crippen molar-refractivity contribution in [3.05, 3.63) is 16.7 Å². The number of anilines is 1. The van der Waals surface area contributed by atoms with Gasteiger partial charge >= 0.3 is 0 Å². The molecule has 2 aromatic rings. The second kappa shape index (κ2) is 14.3. The highest BCUT2D eigenvalue weighted by atomic mass is 16.5. The van der Waals surface area contributed by atoms with Gasteiger partial charge in [-0.05, 0) is 37.5 Å². The smallest absolute Gasteiger partial charge is 0.280 e. The van der Waals surface area contributed by atoms with Crippen molar-refractivity contribution < 1.29 is 29.0 Å². The number of aromatic amines is 1. The average molecular weight is 618 g/mol. The zero-order valence-corrected chi connectivity index (χ0v) is 25.6. The topological polar surface area (TPSA) is 218 Å². The standard InChI is InChI=1S/C28H43N9O7/c1-15(2)19(29)26(42)36-9-5-7-17(36)23(39)31-20(16(3)4)27(43)37-10-6-8-18(37)24(40)33-28-32-22-21(25(41)34-28)30-13-35(22)14-44-12-11-38/h13,15-20,38H,5-12,14,29H2,1-4H3,(H,31,39)(H2,32,33,34,40,41)/t17-,18-,19-,20-/m0/s1. The molecule has 4 rings (SSSR count). The summed E-state index contributed by atoms with van der Waals surface area (Å²) in [5.41, 5.74) is 5.74. The number of rotatable bonds is 12. The normalized spacial score (nSPS) is 20.0. The van der Waals surface area contributed by atoms with Crippen molar-refractivity contribution >= 4 is 40.7 Å². The molecule has 2 aliphatic rings. The molecule has 2 fully saturated rings. The molecule has 242 valence electrons. The molecule has 0 spiro atoms. The van der Waals surface area contributed by atoms with E-state index in [2.05, 4.69) is 25.6 Å². The largest absolute Gasteiger partial charge is 0.394 e. The van der Waals surface area contributed by atoms with Crippen LogP contribution in [-0.4, -0.2) is 109 Å². The SMILES string of the molecule is CC(C)[C@H](N)C(=O)N1CCC[C@H]1C(=O)N[C@H](C(=O)N1CCC[C@H]1C(=O)Nc1nc2c(ncn2COCCO)c(=O)[nH]1)C(C)C. The van der Waals surface area contributed by atoms with E-state index in [-0.39, 0.29) is 54.8 Å². The van der Waals surface area contributed by atoms with E-state index in [4.69, 9.17) is 15.6 Å². The number of aliphatic hydroxyl groups is 1. The van der Waals surface area contributed by atoms with Gasteiger partial charge in [-0.1, -0.05) is 27.7 Å². The molecule has 4 heterocycles. The van der Waals surface area contributed by atoms with E-state index < -0.39 is 47.4 Å². The lowest BCUT2D eigenvalue weighted by molar-refractivity contribution is -0.144. The summed E-state index contributed by atoms with van der Waals surface area (Å²) in [4.78, 5) is 79.9. The lowest BCUT2D eigenvalue weighted by Gasteiger charge is -2.33. The fraction of sp³-hybridized carbons (Fsp3) is 0.679. The van der Waals surface area contributed by atoms with E-state index in [0.717, 1.165) is 0 Å². The minimum Gasteiger partial charge on any atom is -0.394 e. The molecule has 0 radical (unpaired) electrons. The molecule has 0 aliphatic carbocycles. The van der Waals surface area contributed by atoms with Crippen LogP contribution in [0.4, 0.5) is 5.95 Å². The van der Waals surface area contributed by atoms with Crippen molar-refractivity contribution in [3.63, 3.8) is 0 Å². The fourth-order valence-corrected chi connectivity index (χ4v) is 5.56. The Bertz CT molecular complexity index is 1420. The molecule has 2 aromatic heterocycles. The molecule has 16 nitrogen and oxygen atoms in total. The minimum absolute atomic E-state index is 0.00851. The quantitative estimate of drug-likeness (QED) is 0.185. The Morgan fingerprint density at radius 1 is 1.05 bits per heavy atom. The number of nitrogens with two attached hydrogens (primary N) is 1. The summed E-state index contributed by atoms with van der Waals surface area (Å²) in [5, 5.41) is 14.4. The van der Waals surface area contributed by atoms with Crippen molar-refractivity contribution in [1.29, 1.82) is 0 Å². The van der Waals surface area contributed by atoms with Gasteiger partial charge in [0, 0.05) is 13.1 Å². The number of aliphatic hydroxyl groups excluding tert-OH is 1. The van der Waals surface area contributed by atoms with Gasteiger partial charge in [-0.15, -0.1) is 0 Å². The molecule has 0 unspecified atom stereocenters. The first-order valence-corrected chi connectivity index (χ1v) is 15.1. The van der Waals surface area contributed by atoms with E-state index in [9.17, 15) is 24.0 Å². The van der Waals surface area contributed by atoms with Gasteiger partial charge in [0.2, 0.25) is 29.6 Å². The van der Waals surface area contributed by atoms with E-state index in [1.54, 1.807) is 13.8 Å². The Balaban J connectivity index is 1.46. The first kappa shape index (κ1) is 33.0. The van der Waals surface area contributed by atoms with Crippen LogP contribution >= 0.6 is 0 Å². The number of hydrogen-bond donors (Lipinski definition) is 5. The van der Waals surface area contributed by atoms with Crippen molar-refractivity contribution in [2.75, 3.05) is 31.6 Å². The fourth-order valence-electron chi connectivity index (χ4n) is 5.56. The van der Waals surface area contributed by atoms with Crippen LogP contribution in [0.2, 0.25) is 0 Å². The minimum atomic E-state index is -0.922. The maximum absolute atomic E-state index is 13.8. The molecular weight excluding hydrogens is 574 g/mol. The van der Waals surface area contributed by atoms with Gasteiger partial charge in [0.1, 0.15) is 24.9 Å². The third-order valence-corrected chi connectivity index (χ3v) is 8.09. The highest BCUT2D eigenvalue weighted by molar-refractivity contribution is 5.99. The van der Waals surface area contributed by atoms with Gasteiger partial charge in [0.05, 0.1) is 25.6 Å². The first-order valence-electron chi connectivity index (χ1n) is 15.1. The monoisotopic (exact) mass is 617 g/mol. The molecular formula is C28H43N9O7. The molecule has 16 heteroatoms. The van der Waals surface area contributed by atoms with Gasteiger partial charge in [-0.3, -0.25) is 38.8 Å². The van der Waals surface area contributed by atoms with Gasteiger partial charge < -0.3 is 30.7 Å². The van der Waals surface area contributed by atoms with E-state index in [1.165, 1.54) is 20.7 Å². The number of likely N-dealkylation sites (tertiary alicyclic amines) is 2. The van der Waals surface area contributed by atoms with Crippen LogP contribution in [0.5, 0.6) is 0 Å². The van der Waals surface area contributed by atoms with Crippen LogP contribution in [-0.2, 0) is 30.6 Å². The van der Waals surface area contributed by atoms with Crippen molar-refractivity contribution in [2.45, 2.75) is 84.3 Å². The van der Waals surface area contributed by atoms with Crippen LogP contribution in [0.1, 0.15) is 53.4 Å².